The van der Waals surface area contributed by atoms with Gasteiger partial charge in [0.25, 0.3) is 0 Å². The number of amides is 1. The van der Waals surface area contributed by atoms with Gasteiger partial charge in [0.05, 0.1) is 14.2 Å². The fraction of sp³-hybridized carbons (Fsp3) is 0.333. The molecule has 198 valence electrons. The molecule has 0 unspecified atom stereocenters. The molecule has 2 heterocycles. The minimum absolute atomic E-state index is 0.0217. The minimum atomic E-state index is -1.89. The summed E-state index contributed by atoms with van der Waals surface area (Å²) < 4.78 is 22.1. The van der Waals surface area contributed by atoms with Crippen LogP contribution >= 0.6 is 11.6 Å². The Labute approximate surface area is 222 Å². The van der Waals surface area contributed by atoms with Crippen LogP contribution in [0.15, 0.2) is 41.6 Å². The summed E-state index contributed by atoms with van der Waals surface area (Å²) in [5.41, 5.74) is -0.462. The molecule has 38 heavy (non-hydrogen) atoms. The fourth-order valence-corrected chi connectivity index (χ4v) is 5.68. The number of methoxy groups -OCH3 is 2. The van der Waals surface area contributed by atoms with Crippen LogP contribution in [0, 0.1) is 5.92 Å². The molecular weight excluding hydrogens is 518 g/mol. The predicted molar refractivity (Wildman–Crippen MR) is 133 cm³/mol. The van der Waals surface area contributed by atoms with Crippen LogP contribution in [0.25, 0.3) is 0 Å². The predicted octanol–water partition coefficient (Wildman–Crippen LogP) is 3.30. The average Bonchev–Trinajstić information content (AvgIpc) is 3.21. The van der Waals surface area contributed by atoms with E-state index >= 15 is 0 Å². The van der Waals surface area contributed by atoms with E-state index in [-0.39, 0.29) is 52.2 Å². The van der Waals surface area contributed by atoms with Crippen LogP contribution in [0.3, 0.4) is 0 Å². The number of nitrogens with one attached hydrogen (secondary N) is 1. The molecule has 1 aliphatic carbocycles. The largest absolute Gasteiger partial charge is 0.496 e. The van der Waals surface area contributed by atoms with Crippen LogP contribution in [0.5, 0.6) is 23.0 Å². The van der Waals surface area contributed by atoms with Gasteiger partial charge in [-0.2, -0.15) is 0 Å². The van der Waals surface area contributed by atoms with Crippen molar-refractivity contribution in [2.45, 2.75) is 31.3 Å². The Morgan fingerprint density at radius 1 is 1.11 bits per heavy atom. The van der Waals surface area contributed by atoms with Crippen LogP contribution in [-0.2, 0) is 14.4 Å². The van der Waals surface area contributed by atoms with Gasteiger partial charge < -0.3 is 29.4 Å². The summed E-state index contributed by atoms with van der Waals surface area (Å²) in [5.74, 6) is -3.03. The number of benzene rings is 2. The SMILES string of the molecule is COc1cc(OC)c2c(c1Cl)O[C@@]1(C(=O)C3=C(C[C@H]1C)NC(=O)C[C@@H]3c1ccc(OCC(=O)O)cc1)C2=O. The molecule has 1 spiro atoms. The maximum Gasteiger partial charge on any atom is 0.341 e. The van der Waals surface area contributed by atoms with Crippen molar-refractivity contribution in [1.82, 2.24) is 5.32 Å². The van der Waals surface area contributed by atoms with Crippen LogP contribution in [0.2, 0.25) is 5.02 Å². The molecule has 2 N–H and O–H groups in total. The van der Waals surface area contributed by atoms with E-state index in [9.17, 15) is 19.2 Å². The fourth-order valence-electron chi connectivity index (χ4n) is 5.42. The van der Waals surface area contributed by atoms with Gasteiger partial charge in [0.2, 0.25) is 23.1 Å². The Bertz CT molecular complexity index is 1410. The summed E-state index contributed by atoms with van der Waals surface area (Å²) >= 11 is 6.50. The van der Waals surface area contributed by atoms with Crippen molar-refractivity contribution < 1.29 is 43.2 Å². The standard InChI is InChI=1S/C27H24ClNO9/c1-12-8-16-21(15(9-19(30)29-16)13-4-6-14(7-5-13)37-11-20(31)32)25(33)27(12)26(34)22-17(35-2)10-18(36-3)23(28)24(22)38-27/h4-7,10,12,15H,8-9,11H2,1-3H3,(H,29,30)(H,31,32)/t12-,15-,27+/m1/s1. The number of aliphatic carboxylic acids is 1. The van der Waals surface area contributed by atoms with E-state index in [0.717, 1.165) is 0 Å². The Morgan fingerprint density at radius 2 is 1.79 bits per heavy atom. The average molecular weight is 542 g/mol. The number of halogens is 1. The van der Waals surface area contributed by atoms with E-state index < -0.39 is 41.6 Å². The summed E-state index contributed by atoms with van der Waals surface area (Å²) in [6.45, 7) is 1.21. The molecule has 11 heteroatoms. The van der Waals surface area contributed by atoms with E-state index in [1.165, 1.54) is 20.3 Å². The number of Topliss-reactive ketones (excluding diaryl/α,β-unsaturated/α-hetero) is 2. The molecule has 10 nitrogen and oxygen atoms in total. The van der Waals surface area contributed by atoms with Gasteiger partial charge in [-0.1, -0.05) is 30.7 Å². The molecule has 2 aromatic rings. The Hall–Kier alpha value is -4.05. The molecule has 0 saturated carbocycles. The third-order valence-electron chi connectivity index (χ3n) is 7.20. The summed E-state index contributed by atoms with van der Waals surface area (Å²) in [5, 5.41) is 11.7. The highest BCUT2D eigenvalue weighted by Crippen LogP contribution is 2.55. The molecule has 0 saturated heterocycles. The Kier molecular flexibility index (Phi) is 6.30. The lowest BCUT2D eigenvalue weighted by molar-refractivity contribution is -0.139. The molecule has 0 fully saturated rings. The van der Waals surface area contributed by atoms with Gasteiger partial charge in [0.15, 0.2) is 12.4 Å². The van der Waals surface area contributed by atoms with Gasteiger partial charge in [-0.25, -0.2) is 4.79 Å². The number of ketones is 2. The van der Waals surface area contributed by atoms with E-state index in [1.807, 2.05) is 0 Å². The lowest BCUT2D eigenvalue weighted by Gasteiger charge is -2.41. The van der Waals surface area contributed by atoms with Gasteiger partial charge in [-0.15, -0.1) is 0 Å². The zero-order valence-electron chi connectivity index (χ0n) is 20.8. The number of allylic oxidation sites excluding steroid dienone is 1. The number of hydrogen-bond acceptors (Lipinski definition) is 8. The van der Waals surface area contributed by atoms with Crippen LogP contribution < -0.4 is 24.3 Å². The highest BCUT2D eigenvalue weighted by Gasteiger charge is 2.63. The molecule has 3 aliphatic rings. The van der Waals surface area contributed by atoms with Crippen LogP contribution in [0.1, 0.15) is 41.6 Å². The Morgan fingerprint density at radius 3 is 2.42 bits per heavy atom. The second-order valence-corrected chi connectivity index (χ2v) is 9.73. The first kappa shape index (κ1) is 25.6. The third-order valence-corrected chi connectivity index (χ3v) is 7.56. The smallest absolute Gasteiger partial charge is 0.341 e. The van der Waals surface area contributed by atoms with Crippen molar-refractivity contribution in [1.29, 1.82) is 0 Å². The van der Waals surface area contributed by atoms with E-state index in [0.29, 0.717) is 17.0 Å². The second kappa shape index (κ2) is 9.36. The number of fused-ring (bicyclic) bond motifs is 1. The molecule has 2 aromatic carbocycles. The maximum absolute atomic E-state index is 14.3. The number of carbonyl (C=O) groups is 4. The molecular formula is C27H24ClNO9. The number of carboxylic acid groups (broad SMARTS) is 1. The molecule has 0 radical (unpaired) electrons. The van der Waals surface area contributed by atoms with Crippen molar-refractivity contribution in [3.63, 3.8) is 0 Å². The highest BCUT2D eigenvalue weighted by atomic mass is 35.5. The monoisotopic (exact) mass is 541 g/mol. The van der Waals surface area contributed by atoms with Crippen molar-refractivity contribution in [3.8, 4) is 23.0 Å². The zero-order valence-corrected chi connectivity index (χ0v) is 21.5. The Balaban J connectivity index is 1.57. The van der Waals surface area contributed by atoms with Gasteiger partial charge in [-0.3, -0.25) is 14.4 Å². The minimum Gasteiger partial charge on any atom is -0.496 e. The van der Waals surface area contributed by atoms with Crippen LogP contribution in [0.4, 0.5) is 0 Å². The van der Waals surface area contributed by atoms with Gasteiger partial charge in [-0.05, 0) is 24.1 Å². The first-order valence-electron chi connectivity index (χ1n) is 11.8. The number of rotatable bonds is 6. The number of carbonyl (C=O) groups excluding carboxylic acids is 3. The number of carboxylic acids is 1. The summed E-state index contributed by atoms with van der Waals surface area (Å²) in [7, 11) is 2.81. The maximum atomic E-state index is 14.3. The molecule has 2 aliphatic heterocycles. The number of hydrogen-bond donors (Lipinski definition) is 2. The highest BCUT2D eigenvalue weighted by molar-refractivity contribution is 6.36. The first-order chi connectivity index (χ1) is 18.1. The first-order valence-corrected chi connectivity index (χ1v) is 12.2. The topological polar surface area (TPSA) is 137 Å². The van der Waals surface area contributed by atoms with Crippen molar-refractivity contribution in [3.05, 3.63) is 57.8 Å². The molecule has 3 atom stereocenters. The van der Waals surface area contributed by atoms with Crippen molar-refractivity contribution in [2.75, 3.05) is 20.8 Å². The zero-order chi connectivity index (χ0) is 27.4. The molecule has 0 aromatic heterocycles. The van der Waals surface area contributed by atoms with Gasteiger partial charge in [0, 0.05) is 35.6 Å². The summed E-state index contributed by atoms with van der Waals surface area (Å²) in [4.78, 5) is 51.7. The van der Waals surface area contributed by atoms with Gasteiger partial charge >= 0.3 is 5.97 Å². The normalized spacial score (nSPS) is 23.9. The quantitative estimate of drug-likeness (QED) is 0.527. The van der Waals surface area contributed by atoms with Crippen molar-refractivity contribution >= 4 is 35.0 Å². The number of ether oxygens (including phenoxy) is 4. The second-order valence-electron chi connectivity index (χ2n) is 9.35. The molecule has 1 amide bonds. The van der Waals surface area contributed by atoms with E-state index in [4.69, 9.17) is 35.7 Å². The van der Waals surface area contributed by atoms with E-state index in [2.05, 4.69) is 5.32 Å². The molecule has 5 rings (SSSR count). The lowest BCUT2D eigenvalue weighted by atomic mass is 9.66. The van der Waals surface area contributed by atoms with E-state index in [1.54, 1.807) is 31.2 Å². The lowest BCUT2D eigenvalue weighted by Crippen LogP contribution is -2.59. The van der Waals surface area contributed by atoms with Crippen molar-refractivity contribution in [2.24, 2.45) is 5.92 Å². The third kappa shape index (κ3) is 3.78. The van der Waals surface area contributed by atoms with Crippen LogP contribution in [-0.4, -0.2) is 55.0 Å². The summed E-state index contributed by atoms with van der Waals surface area (Å²) in [6.07, 6.45) is 0.184. The summed E-state index contributed by atoms with van der Waals surface area (Å²) in [6, 6.07) is 7.95. The van der Waals surface area contributed by atoms with Gasteiger partial charge in [0.1, 0.15) is 27.8 Å². The molecule has 0 bridgehead atoms.